The van der Waals surface area contributed by atoms with E-state index in [1.807, 2.05) is 6.92 Å². The maximum atomic E-state index is 12.5. The first kappa shape index (κ1) is 22.2. The molecule has 1 aliphatic carbocycles. The van der Waals surface area contributed by atoms with E-state index in [-0.39, 0.29) is 23.5 Å². The van der Waals surface area contributed by atoms with Gasteiger partial charge < -0.3 is 9.64 Å². The fourth-order valence-corrected chi connectivity index (χ4v) is 6.07. The molecule has 0 amide bonds. The van der Waals surface area contributed by atoms with Gasteiger partial charge >= 0.3 is 5.97 Å². The van der Waals surface area contributed by atoms with Crippen molar-refractivity contribution < 1.29 is 9.53 Å². The highest BCUT2D eigenvalue weighted by Gasteiger charge is 2.57. The average molecular weight is 440 g/mol. The van der Waals surface area contributed by atoms with Crippen molar-refractivity contribution in [3.63, 3.8) is 0 Å². The minimum absolute atomic E-state index is 0.00997. The van der Waals surface area contributed by atoms with Crippen molar-refractivity contribution >= 4 is 11.7 Å². The van der Waals surface area contributed by atoms with Gasteiger partial charge in [0.25, 0.3) is 0 Å². The Morgan fingerprint density at radius 3 is 2.75 bits per heavy atom. The van der Waals surface area contributed by atoms with Crippen molar-refractivity contribution in [1.82, 2.24) is 10.2 Å². The number of unbranched alkanes of at least 4 members (excludes halogenated alkanes) is 2. The summed E-state index contributed by atoms with van der Waals surface area (Å²) in [6.45, 7) is 9.62. The van der Waals surface area contributed by atoms with Gasteiger partial charge in [-0.05, 0) is 49.7 Å². The van der Waals surface area contributed by atoms with Crippen LogP contribution in [0, 0.1) is 11.3 Å². The van der Waals surface area contributed by atoms with E-state index in [0.29, 0.717) is 6.04 Å². The summed E-state index contributed by atoms with van der Waals surface area (Å²) < 4.78 is 5.91. The molecule has 1 aromatic carbocycles. The largest absolute Gasteiger partial charge is 0.446 e. The monoisotopic (exact) mass is 439 g/mol. The molecule has 0 bridgehead atoms. The zero-order valence-electron chi connectivity index (χ0n) is 20.0. The Labute approximate surface area is 193 Å². The number of benzene rings is 1. The van der Waals surface area contributed by atoms with Crippen LogP contribution in [0.15, 0.2) is 24.3 Å². The first-order valence-electron chi connectivity index (χ1n) is 13.1. The lowest BCUT2D eigenvalue weighted by molar-refractivity contribution is -0.202. The molecule has 4 fully saturated rings. The van der Waals surface area contributed by atoms with Crippen LogP contribution in [0.25, 0.3) is 0 Å². The zero-order chi connectivity index (χ0) is 22.1. The van der Waals surface area contributed by atoms with Crippen LogP contribution in [-0.2, 0) is 9.53 Å². The molecule has 1 saturated carbocycles. The molecule has 0 aromatic heterocycles. The third kappa shape index (κ3) is 4.43. The number of esters is 1. The fraction of sp³-hybridized carbons (Fsp3) is 0.741. The summed E-state index contributed by atoms with van der Waals surface area (Å²) in [5.41, 5.74) is 3.21. The van der Waals surface area contributed by atoms with Gasteiger partial charge in [0, 0.05) is 44.5 Å². The summed E-state index contributed by atoms with van der Waals surface area (Å²) in [4.78, 5) is 17.8. The highest BCUT2D eigenvalue weighted by atomic mass is 16.6. The maximum absolute atomic E-state index is 12.5. The van der Waals surface area contributed by atoms with Gasteiger partial charge in [0.2, 0.25) is 0 Å². The molecular formula is C27H41N3O2. The molecule has 3 atom stereocenters. The SMILES string of the molecule is CCCCCC(C)C(=O)OC1NCC12CN(CC1CCCN1c1ccccc1C1CC1)C2. The smallest absolute Gasteiger partial charge is 0.310 e. The first-order chi connectivity index (χ1) is 15.6. The van der Waals surface area contributed by atoms with Crippen molar-refractivity contribution in [3.8, 4) is 0 Å². The number of hydrogen-bond donors (Lipinski definition) is 1. The van der Waals surface area contributed by atoms with Crippen LogP contribution < -0.4 is 10.2 Å². The number of rotatable bonds is 10. The van der Waals surface area contributed by atoms with Crippen LogP contribution in [0.1, 0.15) is 76.7 Å². The minimum atomic E-state index is -0.0878. The van der Waals surface area contributed by atoms with E-state index >= 15 is 0 Å². The number of carbonyl (C=O) groups excluding carboxylic acids is 1. The lowest BCUT2D eigenvalue weighted by Gasteiger charge is -2.60. The minimum Gasteiger partial charge on any atom is -0.446 e. The highest BCUT2D eigenvalue weighted by Crippen LogP contribution is 2.46. The molecule has 32 heavy (non-hydrogen) atoms. The van der Waals surface area contributed by atoms with E-state index in [4.69, 9.17) is 4.74 Å². The second-order valence-electron chi connectivity index (χ2n) is 10.9. The quantitative estimate of drug-likeness (QED) is 0.429. The summed E-state index contributed by atoms with van der Waals surface area (Å²) in [6, 6.07) is 9.72. The number of ether oxygens (including phenoxy) is 1. The topological polar surface area (TPSA) is 44.8 Å². The summed E-state index contributed by atoms with van der Waals surface area (Å²) in [6.07, 6.45) is 9.65. The molecule has 3 saturated heterocycles. The molecule has 176 valence electrons. The number of para-hydroxylation sites is 1. The Morgan fingerprint density at radius 2 is 2.03 bits per heavy atom. The average Bonchev–Trinajstić information content (AvgIpc) is 3.51. The molecule has 5 heteroatoms. The molecular weight excluding hydrogens is 398 g/mol. The normalized spacial score (nSPS) is 27.8. The second kappa shape index (κ2) is 9.34. The van der Waals surface area contributed by atoms with Gasteiger partial charge in [-0.25, -0.2) is 0 Å². The molecule has 1 aromatic rings. The third-order valence-corrected chi connectivity index (χ3v) is 8.26. The van der Waals surface area contributed by atoms with Crippen molar-refractivity contribution in [1.29, 1.82) is 0 Å². The number of nitrogens with one attached hydrogen (secondary N) is 1. The Bertz CT molecular complexity index is 802. The molecule has 1 N–H and O–H groups in total. The van der Waals surface area contributed by atoms with Gasteiger partial charge in [-0.1, -0.05) is 51.3 Å². The third-order valence-electron chi connectivity index (χ3n) is 8.26. The second-order valence-corrected chi connectivity index (χ2v) is 10.9. The Morgan fingerprint density at radius 1 is 1.22 bits per heavy atom. The summed E-state index contributed by atoms with van der Waals surface area (Å²) in [5.74, 6) is 0.783. The first-order valence-corrected chi connectivity index (χ1v) is 13.1. The Kier molecular flexibility index (Phi) is 6.48. The van der Waals surface area contributed by atoms with Crippen LogP contribution >= 0.6 is 0 Å². The Hall–Kier alpha value is -1.59. The molecule has 3 aliphatic heterocycles. The van der Waals surface area contributed by atoms with Crippen LogP contribution in [0.5, 0.6) is 0 Å². The van der Waals surface area contributed by atoms with Gasteiger partial charge in [-0.3, -0.25) is 15.0 Å². The van der Waals surface area contributed by atoms with Crippen LogP contribution in [-0.4, -0.2) is 55.9 Å². The predicted octanol–water partition coefficient (Wildman–Crippen LogP) is 4.52. The lowest BCUT2D eigenvalue weighted by Crippen LogP contribution is -2.78. The van der Waals surface area contributed by atoms with Crippen molar-refractivity contribution in [3.05, 3.63) is 29.8 Å². The molecule has 5 nitrogen and oxygen atoms in total. The fourth-order valence-electron chi connectivity index (χ4n) is 6.07. The van der Waals surface area contributed by atoms with Crippen molar-refractivity contribution in [2.24, 2.45) is 11.3 Å². The van der Waals surface area contributed by atoms with Crippen molar-refractivity contribution in [2.75, 3.05) is 37.6 Å². The number of carbonyl (C=O) groups is 1. The van der Waals surface area contributed by atoms with Crippen LogP contribution in [0.4, 0.5) is 5.69 Å². The molecule has 5 rings (SSSR count). The molecule has 0 radical (unpaired) electrons. The maximum Gasteiger partial charge on any atom is 0.310 e. The van der Waals surface area contributed by atoms with E-state index in [2.05, 4.69) is 46.3 Å². The zero-order valence-corrected chi connectivity index (χ0v) is 20.0. The van der Waals surface area contributed by atoms with Crippen molar-refractivity contribution in [2.45, 2.75) is 83.4 Å². The lowest BCUT2D eigenvalue weighted by atomic mass is 9.72. The highest BCUT2D eigenvalue weighted by molar-refractivity contribution is 5.72. The van der Waals surface area contributed by atoms with E-state index in [9.17, 15) is 4.79 Å². The van der Waals surface area contributed by atoms with E-state index < -0.39 is 0 Å². The van der Waals surface area contributed by atoms with Gasteiger partial charge in [-0.2, -0.15) is 0 Å². The number of nitrogens with zero attached hydrogens (tertiary/aromatic N) is 2. The van der Waals surface area contributed by atoms with Crippen LogP contribution in [0.3, 0.4) is 0 Å². The van der Waals surface area contributed by atoms with E-state index in [1.54, 1.807) is 5.56 Å². The van der Waals surface area contributed by atoms with E-state index in [0.717, 1.165) is 44.9 Å². The van der Waals surface area contributed by atoms with Gasteiger partial charge in [0.05, 0.1) is 11.3 Å². The van der Waals surface area contributed by atoms with Gasteiger partial charge in [-0.15, -0.1) is 0 Å². The van der Waals surface area contributed by atoms with Gasteiger partial charge in [0.1, 0.15) is 0 Å². The summed E-state index contributed by atoms with van der Waals surface area (Å²) >= 11 is 0. The standard InChI is InChI=1S/C27H41N3O2/c1-3-4-5-9-20(2)25(31)32-26-27(17-28-26)18-29(19-27)16-22-10-8-15-30(22)24-12-7-6-11-23(24)21-13-14-21/h6-7,11-12,20-22,26,28H,3-5,8-10,13-19H2,1-2H3. The summed E-state index contributed by atoms with van der Waals surface area (Å²) in [7, 11) is 0. The Balaban J connectivity index is 1.12. The summed E-state index contributed by atoms with van der Waals surface area (Å²) in [5, 5.41) is 3.39. The molecule has 4 aliphatic rings. The number of hydrogen-bond acceptors (Lipinski definition) is 5. The number of likely N-dealkylation sites (tertiary alicyclic amines) is 1. The number of anilines is 1. The molecule has 1 spiro atoms. The van der Waals surface area contributed by atoms with Crippen LogP contribution in [0.2, 0.25) is 0 Å². The van der Waals surface area contributed by atoms with E-state index in [1.165, 1.54) is 50.8 Å². The molecule has 3 unspecified atom stereocenters. The predicted molar refractivity (Wildman–Crippen MR) is 129 cm³/mol. The van der Waals surface area contributed by atoms with Gasteiger partial charge in [0.15, 0.2) is 6.23 Å². The molecule has 3 heterocycles.